The lowest BCUT2D eigenvalue weighted by Gasteiger charge is -2.14. The summed E-state index contributed by atoms with van der Waals surface area (Å²) < 4.78 is 0. The number of amides is 2. The van der Waals surface area contributed by atoms with Crippen LogP contribution in [0.25, 0.3) is 5.57 Å². The largest absolute Gasteiger partial charge is 0.273 e. The fraction of sp³-hybridized carbons (Fsp3) is 0.0588. The average molecular weight is 332 g/mol. The van der Waals surface area contributed by atoms with Crippen molar-refractivity contribution in [1.29, 1.82) is 0 Å². The second kappa shape index (κ2) is 5.95. The predicted molar refractivity (Wildman–Crippen MR) is 86.2 cm³/mol. The van der Waals surface area contributed by atoms with Gasteiger partial charge in [0.2, 0.25) is 0 Å². The van der Waals surface area contributed by atoms with Crippen LogP contribution in [-0.2, 0) is 16.1 Å². The van der Waals surface area contributed by atoms with E-state index < -0.39 is 5.91 Å². The summed E-state index contributed by atoms with van der Waals surface area (Å²) in [7, 11) is 0. The molecule has 1 aliphatic heterocycles. The van der Waals surface area contributed by atoms with Crippen LogP contribution in [0, 0.1) is 0 Å². The minimum Gasteiger partial charge on any atom is -0.269 e. The summed E-state index contributed by atoms with van der Waals surface area (Å²) >= 11 is 11.9. The highest BCUT2D eigenvalue weighted by Gasteiger charge is 2.37. The molecule has 0 radical (unpaired) electrons. The van der Waals surface area contributed by atoms with Crippen LogP contribution in [0.1, 0.15) is 11.1 Å². The Hall–Kier alpha value is -2.10. The molecule has 3 nitrogen and oxygen atoms in total. The van der Waals surface area contributed by atoms with Gasteiger partial charge in [-0.05, 0) is 23.3 Å². The average Bonchev–Trinajstić information content (AvgIpc) is 2.73. The maximum absolute atomic E-state index is 12.5. The number of hydrogen-bond donors (Lipinski definition) is 0. The normalized spacial score (nSPS) is 14.9. The zero-order chi connectivity index (χ0) is 15.7. The highest BCUT2D eigenvalue weighted by molar-refractivity contribution is 6.55. The maximum atomic E-state index is 12.5. The highest BCUT2D eigenvalue weighted by Crippen LogP contribution is 2.33. The van der Waals surface area contributed by atoms with Crippen molar-refractivity contribution in [2.75, 3.05) is 0 Å². The number of nitrogens with zero attached hydrogens (tertiary/aromatic N) is 1. The third-order valence-electron chi connectivity index (χ3n) is 3.43. The van der Waals surface area contributed by atoms with Crippen molar-refractivity contribution in [2.24, 2.45) is 0 Å². The second-order valence-electron chi connectivity index (χ2n) is 4.88. The lowest BCUT2D eigenvalue weighted by atomic mass is 10.1. The van der Waals surface area contributed by atoms with Gasteiger partial charge in [-0.2, -0.15) is 0 Å². The molecule has 5 heteroatoms. The van der Waals surface area contributed by atoms with Crippen molar-refractivity contribution in [2.45, 2.75) is 6.54 Å². The quantitative estimate of drug-likeness (QED) is 0.801. The maximum Gasteiger partial charge on any atom is 0.273 e. The molecule has 0 atom stereocenters. The molecule has 0 bridgehead atoms. The number of halogens is 2. The Morgan fingerprint density at radius 2 is 1.45 bits per heavy atom. The first kappa shape index (κ1) is 14.8. The van der Waals surface area contributed by atoms with Crippen LogP contribution in [0.4, 0.5) is 0 Å². The fourth-order valence-corrected chi connectivity index (χ4v) is 2.74. The summed E-state index contributed by atoms with van der Waals surface area (Å²) in [5, 5.41) is 0.502. The summed E-state index contributed by atoms with van der Waals surface area (Å²) in [4.78, 5) is 26.0. The van der Waals surface area contributed by atoms with Gasteiger partial charge in [0.05, 0.1) is 12.1 Å². The van der Waals surface area contributed by atoms with Crippen LogP contribution in [0.2, 0.25) is 5.02 Å². The molecule has 0 saturated carbocycles. The molecule has 0 unspecified atom stereocenters. The molecule has 0 saturated heterocycles. The number of carbonyl (C=O) groups is 2. The first-order valence-corrected chi connectivity index (χ1v) is 7.39. The minimum absolute atomic E-state index is 0.0525. The van der Waals surface area contributed by atoms with Gasteiger partial charge in [0.1, 0.15) is 5.03 Å². The summed E-state index contributed by atoms with van der Waals surface area (Å²) in [6.45, 7) is 0.200. The Kier molecular flexibility index (Phi) is 4.01. The number of hydrogen-bond acceptors (Lipinski definition) is 2. The van der Waals surface area contributed by atoms with E-state index in [1.165, 1.54) is 0 Å². The highest BCUT2D eigenvalue weighted by atomic mass is 35.5. The lowest BCUT2D eigenvalue weighted by Crippen LogP contribution is -2.30. The standard InChI is InChI=1S/C17H11Cl2NO2/c18-13-8-6-12(7-9-13)14-15(19)17(22)20(16(14)21)10-11-4-2-1-3-5-11/h1-9H,10H2. The smallest absolute Gasteiger partial charge is 0.269 e. The summed E-state index contributed by atoms with van der Waals surface area (Å²) in [6.07, 6.45) is 0. The monoisotopic (exact) mass is 331 g/mol. The Bertz CT molecular complexity index is 767. The van der Waals surface area contributed by atoms with E-state index in [0.717, 1.165) is 10.5 Å². The van der Waals surface area contributed by atoms with E-state index in [1.807, 2.05) is 30.3 Å². The van der Waals surface area contributed by atoms with Crippen molar-refractivity contribution < 1.29 is 9.59 Å². The van der Waals surface area contributed by atoms with Gasteiger partial charge < -0.3 is 0 Å². The second-order valence-corrected chi connectivity index (χ2v) is 5.69. The molecule has 0 aromatic heterocycles. The lowest BCUT2D eigenvalue weighted by molar-refractivity contribution is -0.137. The molecular formula is C17H11Cl2NO2. The molecule has 0 spiro atoms. The van der Waals surface area contributed by atoms with Gasteiger partial charge in [-0.15, -0.1) is 0 Å². The van der Waals surface area contributed by atoms with Crippen molar-refractivity contribution in [3.63, 3.8) is 0 Å². The van der Waals surface area contributed by atoms with Gasteiger partial charge in [0, 0.05) is 5.02 Å². The van der Waals surface area contributed by atoms with Crippen LogP contribution in [0.15, 0.2) is 59.6 Å². The van der Waals surface area contributed by atoms with Gasteiger partial charge >= 0.3 is 0 Å². The van der Waals surface area contributed by atoms with E-state index in [9.17, 15) is 9.59 Å². The minimum atomic E-state index is -0.472. The van der Waals surface area contributed by atoms with Crippen molar-refractivity contribution in [1.82, 2.24) is 4.90 Å². The molecule has 2 aromatic rings. The zero-order valence-corrected chi connectivity index (χ0v) is 12.9. The first-order valence-electron chi connectivity index (χ1n) is 6.64. The molecule has 3 rings (SSSR count). The molecule has 2 amide bonds. The van der Waals surface area contributed by atoms with E-state index in [1.54, 1.807) is 24.3 Å². The molecule has 110 valence electrons. The number of carbonyl (C=O) groups excluding carboxylic acids is 2. The summed E-state index contributed by atoms with van der Waals surface area (Å²) in [6, 6.07) is 16.0. The number of rotatable bonds is 3. The van der Waals surface area contributed by atoms with E-state index in [0.29, 0.717) is 10.6 Å². The third-order valence-corrected chi connectivity index (χ3v) is 4.03. The van der Waals surface area contributed by atoms with Crippen molar-refractivity contribution in [3.05, 3.63) is 75.8 Å². The summed E-state index contributed by atoms with van der Waals surface area (Å²) in [5.74, 6) is -0.860. The van der Waals surface area contributed by atoms with Gasteiger partial charge in [-0.1, -0.05) is 65.7 Å². The molecule has 0 aliphatic carbocycles. The van der Waals surface area contributed by atoms with E-state index in [4.69, 9.17) is 23.2 Å². The molecule has 22 heavy (non-hydrogen) atoms. The molecule has 0 fully saturated rings. The van der Waals surface area contributed by atoms with Crippen LogP contribution in [0.5, 0.6) is 0 Å². The van der Waals surface area contributed by atoms with E-state index in [-0.39, 0.29) is 23.1 Å². The van der Waals surface area contributed by atoms with Crippen LogP contribution >= 0.6 is 23.2 Å². The number of imide groups is 1. The van der Waals surface area contributed by atoms with Crippen molar-refractivity contribution >= 4 is 40.6 Å². The molecule has 0 N–H and O–H groups in total. The summed E-state index contributed by atoms with van der Waals surface area (Å²) in [5.41, 5.74) is 1.67. The Morgan fingerprint density at radius 3 is 2.09 bits per heavy atom. The molecular weight excluding hydrogens is 321 g/mol. The van der Waals surface area contributed by atoms with E-state index >= 15 is 0 Å². The van der Waals surface area contributed by atoms with Crippen LogP contribution < -0.4 is 0 Å². The Morgan fingerprint density at radius 1 is 0.818 bits per heavy atom. The Labute approximate surface area is 137 Å². The molecule has 1 aliphatic rings. The Balaban J connectivity index is 1.92. The molecule has 1 heterocycles. The zero-order valence-electron chi connectivity index (χ0n) is 11.4. The third kappa shape index (κ3) is 2.65. The SMILES string of the molecule is O=C1C(Cl)=C(c2ccc(Cl)cc2)C(=O)N1Cc1ccccc1. The molecule has 2 aromatic carbocycles. The van der Waals surface area contributed by atoms with Gasteiger partial charge in [-0.25, -0.2) is 0 Å². The fourth-order valence-electron chi connectivity index (χ4n) is 2.32. The predicted octanol–water partition coefficient (Wildman–Crippen LogP) is 3.86. The van der Waals surface area contributed by atoms with Gasteiger partial charge in [0.25, 0.3) is 11.8 Å². The van der Waals surface area contributed by atoms with Crippen molar-refractivity contribution in [3.8, 4) is 0 Å². The number of benzene rings is 2. The van der Waals surface area contributed by atoms with Gasteiger partial charge in [-0.3, -0.25) is 14.5 Å². The van der Waals surface area contributed by atoms with Crippen LogP contribution in [-0.4, -0.2) is 16.7 Å². The first-order chi connectivity index (χ1) is 10.6. The van der Waals surface area contributed by atoms with Crippen LogP contribution in [0.3, 0.4) is 0 Å². The topological polar surface area (TPSA) is 37.4 Å². The van der Waals surface area contributed by atoms with Gasteiger partial charge in [0.15, 0.2) is 0 Å². The van der Waals surface area contributed by atoms with E-state index in [2.05, 4.69) is 0 Å².